The maximum absolute atomic E-state index is 12.6. The average Bonchev–Trinajstić information content (AvgIpc) is 2.57. The molecule has 0 heterocycles. The van der Waals surface area contributed by atoms with Crippen LogP contribution in [0.5, 0.6) is 0 Å². The van der Waals surface area contributed by atoms with E-state index in [1.165, 1.54) is 23.8 Å². The largest absolute Gasteiger partial charge is 0.348 e. The lowest BCUT2D eigenvalue weighted by Crippen LogP contribution is -2.41. The Hall–Kier alpha value is -1.76. The topological polar surface area (TPSA) is 66.5 Å². The van der Waals surface area contributed by atoms with Crippen LogP contribution in [0.15, 0.2) is 30.3 Å². The zero-order chi connectivity index (χ0) is 21.2. The first kappa shape index (κ1) is 22.5. The summed E-state index contributed by atoms with van der Waals surface area (Å²) in [7, 11) is -3.69. The van der Waals surface area contributed by atoms with E-state index in [4.69, 9.17) is 23.2 Å². The standard InChI is InChI=1S/C20H24Cl2N2O3S/c1-12-8-14(3)17(9-13(12)2)15(4)23-20(25)11-24(28(5,26)27)16-6-7-18(21)19(22)10-16/h6-10,15H,11H2,1-5H3,(H,23,25). The minimum Gasteiger partial charge on any atom is -0.348 e. The van der Waals surface area contributed by atoms with Crippen molar-refractivity contribution in [3.05, 3.63) is 62.6 Å². The minimum atomic E-state index is -3.69. The van der Waals surface area contributed by atoms with Crippen LogP contribution in [0.1, 0.15) is 35.2 Å². The number of carbonyl (C=O) groups is 1. The maximum atomic E-state index is 12.6. The van der Waals surface area contributed by atoms with Crippen LogP contribution in [0, 0.1) is 20.8 Å². The highest BCUT2D eigenvalue weighted by atomic mass is 35.5. The molecule has 0 aliphatic heterocycles. The van der Waals surface area contributed by atoms with Crippen molar-refractivity contribution in [2.24, 2.45) is 0 Å². The Labute approximate surface area is 176 Å². The van der Waals surface area contributed by atoms with Crippen LogP contribution in [0.2, 0.25) is 10.0 Å². The molecule has 1 N–H and O–H groups in total. The van der Waals surface area contributed by atoms with Crippen LogP contribution in [-0.4, -0.2) is 27.1 Å². The van der Waals surface area contributed by atoms with Gasteiger partial charge in [-0.2, -0.15) is 0 Å². The number of carbonyl (C=O) groups excluding carboxylic acids is 1. The van der Waals surface area contributed by atoms with Gasteiger partial charge in [-0.1, -0.05) is 35.3 Å². The number of hydrogen-bond acceptors (Lipinski definition) is 3. The lowest BCUT2D eigenvalue weighted by Gasteiger charge is -2.24. The van der Waals surface area contributed by atoms with Crippen LogP contribution >= 0.6 is 23.2 Å². The smallest absolute Gasteiger partial charge is 0.241 e. The number of nitrogens with zero attached hydrogens (tertiary/aromatic N) is 1. The second kappa shape index (κ2) is 8.72. The third kappa shape index (κ3) is 5.40. The van der Waals surface area contributed by atoms with Gasteiger partial charge in [0, 0.05) is 0 Å². The zero-order valence-corrected chi connectivity index (χ0v) is 18.8. The second-order valence-corrected chi connectivity index (χ2v) is 9.67. The number of halogens is 2. The molecule has 8 heteroatoms. The molecule has 1 atom stereocenters. The Morgan fingerprint density at radius 3 is 2.21 bits per heavy atom. The van der Waals surface area contributed by atoms with Gasteiger partial charge in [0.25, 0.3) is 0 Å². The molecule has 5 nitrogen and oxygen atoms in total. The molecule has 0 aliphatic carbocycles. The number of anilines is 1. The molecule has 2 rings (SSSR count). The molecule has 2 aromatic rings. The van der Waals surface area contributed by atoms with E-state index >= 15 is 0 Å². The van der Waals surface area contributed by atoms with Crippen molar-refractivity contribution in [1.29, 1.82) is 0 Å². The van der Waals surface area contributed by atoms with Crippen LogP contribution in [0.25, 0.3) is 0 Å². The van der Waals surface area contributed by atoms with E-state index in [0.29, 0.717) is 5.02 Å². The van der Waals surface area contributed by atoms with Gasteiger partial charge < -0.3 is 5.32 Å². The molecule has 0 saturated heterocycles. The van der Waals surface area contributed by atoms with E-state index in [9.17, 15) is 13.2 Å². The summed E-state index contributed by atoms with van der Waals surface area (Å²) in [5, 5.41) is 3.40. The van der Waals surface area contributed by atoms with Gasteiger partial charge in [-0.25, -0.2) is 8.42 Å². The van der Waals surface area contributed by atoms with Crippen LogP contribution in [-0.2, 0) is 14.8 Å². The van der Waals surface area contributed by atoms with E-state index < -0.39 is 15.9 Å². The third-order valence-electron chi connectivity index (χ3n) is 4.61. The quantitative estimate of drug-likeness (QED) is 0.712. The number of nitrogens with one attached hydrogen (secondary N) is 1. The Kier molecular flexibility index (Phi) is 7.02. The molecular weight excluding hydrogens is 419 g/mol. The van der Waals surface area contributed by atoms with Gasteiger partial charge in [0.2, 0.25) is 15.9 Å². The number of sulfonamides is 1. The van der Waals surface area contributed by atoms with Crippen LogP contribution < -0.4 is 9.62 Å². The number of aryl methyl sites for hydroxylation is 3. The highest BCUT2D eigenvalue weighted by molar-refractivity contribution is 7.92. The molecule has 0 bridgehead atoms. The van der Waals surface area contributed by atoms with E-state index in [1.807, 2.05) is 33.8 Å². The van der Waals surface area contributed by atoms with Crippen molar-refractivity contribution in [3.8, 4) is 0 Å². The summed E-state index contributed by atoms with van der Waals surface area (Å²) < 4.78 is 25.5. The molecule has 0 aliphatic rings. The number of benzene rings is 2. The number of rotatable bonds is 6. The van der Waals surface area contributed by atoms with Crippen molar-refractivity contribution in [1.82, 2.24) is 5.32 Å². The highest BCUT2D eigenvalue weighted by Crippen LogP contribution is 2.28. The fraction of sp³-hybridized carbons (Fsp3) is 0.350. The molecule has 28 heavy (non-hydrogen) atoms. The van der Waals surface area contributed by atoms with Crippen molar-refractivity contribution < 1.29 is 13.2 Å². The lowest BCUT2D eigenvalue weighted by atomic mass is 9.96. The summed E-state index contributed by atoms with van der Waals surface area (Å²) in [6.45, 7) is 7.56. The lowest BCUT2D eigenvalue weighted by molar-refractivity contribution is -0.120. The summed E-state index contributed by atoms with van der Waals surface area (Å²) in [6, 6.07) is 8.29. The SMILES string of the molecule is Cc1cc(C)c(C(C)NC(=O)CN(c2ccc(Cl)c(Cl)c2)S(C)(=O)=O)cc1C. The van der Waals surface area contributed by atoms with Crippen molar-refractivity contribution >= 4 is 44.8 Å². The highest BCUT2D eigenvalue weighted by Gasteiger charge is 2.23. The molecule has 0 aromatic heterocycles. The Morgan fingerprint density at radius 2 is 1.64 bits per heavy atom. The Morgan fingerprint density at radius 1 is 1.04 bits per heavy atom. The zero-order valence-electron chi connectivity index (χ0n) is 16.5. The van der Waals surface area contributed by atoms with E-state index in [1.54, 1.807) is 0 Å². The van der Waals surface area contributed by atoms with Crippen molar-refractivity contribution in [3.63, 3.8) is 0 Å². The summed E-state index contributed by atoms with van der Waals surface area (Å²) in [5.41, 5.74) is 4.66. The second-order valence-electron chi connectivity index (χ2n) is 6.95. The van der Waals surface area contributed by atoms with Gasteiger partial charge in [-0.05, 0) is 68.1 Å². The molecule has 1 amide bonds. The van der Waals surface area contributed by atoms with Crippen LogP contribution in [0.4, 0.5) is 5.69 Å². The van der Waals surface area contributed by atoms with Crippen LogP contribution in [0.3, 0.4) is 0 Å². The molecular formula is C20H24Cl2N2O3S. The summed E-state index contributed by atoms with van der Waals surface area (Å²) >= 11 is 11.9. The first-order chi connectivity index (χ1) is 12.9. The molecule has 0 radical (unpaired) electrons. The van der Waals surface area contributed by atoms with E-state index in [2.05, 4.69) is 11.4 Å². The Bertz CT molecular complexity index is 1010. The first-order valence-electron chi connectivity index (χ1n) is 8.70. The number of hydrogen-bond donors (Lipinski definition) is 1. The molecule has 0 fully saturated rings. The fourth-order valence-corrected chi connectivity index (χ4v) is 4.13. The normalized spacial score (nSPS) is 12.5. The van der Waals surface area contributed by atoms with E-state index in [0.717, 1.165) is 27.3 Å². The summed E-state index contributed by atoms with van der Waals surface area (Å²) in [4.78, 5) is 12.6. The summed E-state index contributed by atoms with van der Waals surface area (Å²) in [5.74, 6) is -0.415. The molecule has 1 unspecified atom stereocenters. The van der Waals surface area contributed by atoms with Gasteiger partial charge in [0.15, 0.2) is 0 Å². The average molecular weight is 443 g/mol. The van der Waals surface area contributed by atoms with E-state index in [-0.39, 0.29) is 23.3 Å². The van der Waals surface area contributed by atoms with Crippen molar-refractivity contribution in [2.75, 3.05) is 17.1 Å². The van der Waals surface area contributed by atoms with Gasteiger partial charge in [0.1, 0.15) is 6.54 Å². The maximum Gasteiger partial charge on any atom is 0.241 e. The molecule has 0 saturated carbocycles. The predicted octanol–water partition coefficient (Wildman–Crippen LogP) is 4.56. The van der Waals surface area contributed by atoms with Gasteiger partial charge in [-0.15, -0.1) is 0 Å². The predicted molar refractivity (Wildman–Crippen MR) is 116 cm³/mol. The third-order valence-corrected chi connectivity index (χ3v) is 6.48. The van der Waals surface area contributed by atoms with Gasteiger partial charge in [0.05, 0.1) is 28.0 Å². The molecule has 0 spiro atoms. The first-order valence-corrected chi connectivity index (χ1v) is 11.3. The fourth-order valence-electron chi connectivity index (χ4n) is 2.98. The minimum absolute atomic E-state index is 0.215. The Balaban J connectivity index is 2.22. The number of amides is 1. The molecule has 152 valence electrons. The monoisotopic (exact) mass is 442 g/mol. The van der Waals surface area contributed by atoms with Gasteiger partial charge in [-0.3, -0.25) is 9.10 Å². The van der Waals surface area contributed by atoms with Crippen molar-refractivity contribution in [2.45, 2.75) is 33.7 Å². The van der Waals surface area contributed by atoms with Gasteiger partial charge >= 0.3 is 0 Å². The molecule has 2 aromatic carbocycles. The summed E-state index contributed by atoms with van der Waals surface area (Å²) in [6.07, 6.45) is 1.04.